The molecule has 2 N–H and O–H groups in total. The molecule has 0 radical (unpaired) electrons. The van der Waals surface area contributed by atoms with E-state index in [0.717, 1.165) is 0 Å². The van der Waals surface area contributed by atoms with E-state index in [1.54, 1.807) is 32.9 Å². The fraction of sp³-hybridized carbons (Fsp3) is 0.519. The Kier molecular flexibility index (Phi) is 5.97. The molecule has 0 bridgehead atoms. The number of cyclic esters (lactones) is 1. The number of rotatable bonds is 3. The fourth-order valence-corrected chi connectivity index (χ4v) is 6.70. The van der Waals surface area contributed by atoms with Crippen molar-refractivity contribution >= 4 is 17.7 Å². The van der Waals surface area contributed by atoms with Crippen LogP contribution in [0.2, 0.25) is 0 Å². The Morgan fingerprint density at radius 1 is 1.17 bits per heavy atom. The highest BCUT2D eigenvalue weighted by atomic mass is 16.6. The van der Waals surface area contributed by atoms with Gasteiger partial charge in [0.15, 0.2) is 11.9 Å². The smallest absolute Gasteiger partial charge is 0.336 e. The number of fused-ring (bicyclic) bond motifs is 3. The third-order valence-electron chi connectivity index (χ3n) is 8.66. The van der Waals surface area contributed by atoms with E-state index in [1.165, 1.54) is 25.7 Å². The van der Waals surface area contributed by atoms with E-state index in [9.17, 15) is 24.6 Å². The number of ether oxygens (including phenoxy) is 2. The predicted octanol–water partition coefficient (Wildman–Crippen LogP) is 3.07. The Morgan fingerprint density at radius 2 is 1.86 bits per heavy atom. The van der Waals surface area contributed by atoms with Gasteiger partial charge in [0, 0.05) is 39.4 Å². The highest BCUT2D eigenvalue weighted by Gasteiger charge is 2.71. The Hall–Kier alpha value is -2.97. The van der Waals surface area contributed by atoms with Gasteiger partial charge in [-0.3, -0.25) is 4.79 Å². The van der Waals surface area contributed by atoms with Gasteiger partial charge in [0.1, 0.15) is 12.2 Å². The molecule has 1 aromatic rings. The maximum atomic E-state index is 13.7. The Morgan fingerprint density at radius 3 is 2.43 bits per heavy atom. The summed E-state index contributed by atoms with van der Waals surface area (Å²) in [7, 11) is 1.27. The first-order valence-electron chi connectivity index (χ1n) is 11.6. The molecule has 1 aliphatic heterocycles. The number of hydrogen-bond acceptors (Lipinski definition) is 8. The van der Waals surface area contributed by atoms with Crippen LogP contribution in [0.15, 0.2) is 58.5 Å². The summed E-state index contributed by atoms with van der Waals surface area (Å²) in [5.41, 5.74) is -1.59. The third kappa shape index (κ3) is 3.30. The van der Waals surface area contributed by atoms with Gasteiger partial charge in [-0.25, -0.2) is 9.59 Å². The molecule has 2 aliphatic carbocycles. The molecule has 2 heterocycles. The van der Waals surface area contributed by atoms with Crippen LogP contribution in [0.5, 0.6) is 0 Å². The second-order valence-electron chi connectivity index (χ2n) is 10.6. The number of hydrogen-bond donors (Lipinski definition) is 2. The van der Waals surface area contributed by atoms with Gasteiger partial charge in [0.05, 0.1) is 19.6 Å². The SMILES string of the molecule is COC(=O)C=CC1(C)C(=C(C)C)C(=O)C(O)C2C1C=CC1(C)C(c3ccoc3)OC(=O)C(O)C21C. The van der Waals surface area contributed by atoms with Crippen molar-refractivity contribution in [2.45, 2.75) is 52.9 Å². The quantitative estimate of drug-likeness (QED) is 0.381. The highest BCUT2D eigenvalue weighted by molar-refractivity contribution is 6.02. The van der Waals surface area contributed by atoms with E-state index >= 15 is 0 Å². The van der Waals surface area contributed by atoms with E-state index in [1.807, 2.05) is 26.0 Å². The van der Waals surface area contributed by atoms with E-state index in [0.29, 0.717) is 16.7 Å². The molecule has 8 nitrogen and oxygen atoms in total. The van der Waals surface area contributed by atoms with Crippen LogP contribution in [-0.4, -0.2) is 47.3 Å². The van der Waals surface area contributed by atoms with Gasteiger partial charge in [-0.05, 0) is 25.8 Å². The summed E-state index contributed by atoms with van der Waals surface area (Å²) >= 11 is 0. The summed E-state index contributed by atoms with van der Waals surface area (Å²) in [6.45, 7) is 8.96. The van der Waals surface area contributed by atoms with Crippen molar-refractivity contribution in [3.63, 3.8) is 0 Å². The van der Waals surface area contributed by atoms with Gasteiger partial charge in [-0.2, -0.15) is 0 Å². The van der Waals surface area contributed by atoms with Crippen LogP contribution in [-0.2, 0) is 23.9 Å². The summed E-state index contributed by atoms with van der Waals surface area (Å²) < 4.78 is 15.7. The molecule has 1 aromatic heterocycles. The molecule has 0 amide bonds. The second-order valence-corrected chi connectivity index (χ2v) is 10.6. The van der Waals surface area contributed by atoms with Gasteiger partial charge < -0.3 is 24.1 Å². The average Bonchev–Trinajstić information content (AvgIpc) is 3.34. The zero-order valence-electron chi connectivity index (χ0n) is 20.8. The summed E-state index contributed by atoms with van der Waals surface area (Å²) in [5, 5.41) is 22.8. The molecule has 35 heavy (non-hydrogen) atoms. The van der Waals surface area contributed by atoms with E-state index in [4.69, 9.17) is 13.9 Å². The average molecular weight is 485 g/mol. The number of ketones is 1. The van der Waals surface area contributed by atoms with Crippen LogP contribution in [0.1, 0.15) is 46.3 Å². The first-order chi connectivity index (χ1) is 16.3. The van der Waals surface area contributed by atoms with Crippen molar-refractivity contribution in [3.05, 3.63) is 59.6 Å². The molecule has 1 saturated carbocycles. The summed E-state index contributed by atoms with van der Waals surface area (Å²) in [6.07, 6.45) is 5.77. The number of carbonyl (C=O) groups is 3. The lowest BCUT2D eigenvalue weighted by Gasteiger charge is -2.64. The fourth-order valence-electron chi connectivity index (χ4n) is 6.70. The molecular weight excluding hydrogens is 452 g/mol. The van der Waals surface area contributed by atoms with E-state index in [2.05, 4.69) is 0 Å². The molecule has 8 atom stereocenters. The van der Waals surface area contributed by atoms with Crippen molar-refractivity contribution in [1.29, 1.82) is 0 Å². The van der Waals surface area contributed by atoms with Gasteiger partial charge in [-0.1, -0.05) is 44.6 Å². The number of Topliss-reactive ketones (excluding diaryl/α,β-unsaturated/α-hetero) is 1. The molecular formula is C27H32O8. The maximum absolute atomic E-state index is 13.7. The van der Waals surface area contributed by atoms with E-state index in [-0.39, 0.29) is 0 Å². The van der Waals surface area contributed by atoms with Crippen molar-refractivity contribution in [1.82, 2.24) is 0 Å². The maximum Gasteiger partial charge on any atom is 0.336 e. The zero-order valence-corrected chi connectivity index (χ0v) is 20.8. The molecule has 3 aliphatic rings. The second kappa shape index (κ2) is 8.31. The molecule has 188 valence electrons. The number of allylic oxidation sites excluding steroid dienone is 3. The topological polar surface area (TPSA) is 123 Å². The number of esters is 2. The monoisotopic (exact) mass is 484 g/mol. The number of aliphatic hydroxyl groups excluding tert-OH is 2. The van der Waals surface area contributed by atoms with Gasteiger partial charge in [0.25, 0.3) is 0 Å². The normalized spacial score (nSPS) is 40.8. The van der Waals surface area contributed by atoms with Crippen LogP contribution in [0.4, 0.5) is 0 Å². The van der Waals surface area contributed by atoms with Crippen molar-refractivity contribution in [3.8, 4) is 0 Å². The van der Waals surface area contributed by atoms with Gasteiger partial charge in [0.2, 0.25) is 0 Å². The Bertz CT molecular complexity index is 1140. The van der Waals surface area contributed by atoms with Crippen LogP contribution in [0.3, 0.4) is 0 Å². The molecule has 8 unspecified atom stereocenters. The van der Waals surface area contributed by atoms with E-state index < -0.39 is 64.1 Å². The first-order valence-corrected chi connectivity index (χ1v) is 11.6. The van der Waals surface area contributed by atoms with Crippen molar-refractivity contribution < 1.29 is 38.5 Å². The highest BCUT2D eigenvalue weighted by Crippen LogP contribution is 2.68. The first kappa shape index (κ1) is 25.1. The minimum Gasteiger partial charge on any atom is -0.472 e. The lowest BCUT2D eigenvalue weighted by atomic mass is 9.41. The number of furan rings is 1. The summed E-state index contributed by atoms with van der Waals surface area (Å²) in [4.78, 5) is 38.7. The minimum atomic E-state index is -1.60. The van der Waals surface area contributed by atoms with Crippen molar-refractivity contribution in [2.24, 2.45) is 28.1 Å². The predicted molar refractivity (Wildman–Crippen MR) is 125 cm³/mol. The standard InChI is InChI=1S/C27H32O8/c1-14(2)18-20(29)21(30)19-16(25(18,3)10-8-17(28)33-6)7-11-26(4)23(15-9-12-34-13-15)35-24(32)22(31)27(19,26)5/h7-13,16,19,21-23,30-31H,1-6H3. The molecule has 2 fully saturated rings. The van der Waals surface area contributed by atoms with Gasteiger partial charge in [-0.15, -0.1) is 0 Å². The number of aliphatic hydroxyl groups is 2. The minimum absolute atomic E-state index is 0.391. The van der Waals surface area contributed by atoms with Crippen LogP contribution >= 0.6 is 0 Å². The largest absolute Gasteiger partial charge is 0.472 e. The van der Waals surface area contributed by atoms with Crippen LogP contribution in [0.25, 0.3) is 0 Å². The van der Waals surface area contributed by atoms with Crippen LogP contribution < -0.4 is 0 Å². The van der Waals surface area contributed by atoms with Crippen molar-refractivity contribution in [2.75, 3.05) is 7.11 Å². The third-order valence-corrected chi connectivity index (χ3v) is 8.66. The molecule has 0 spiro atoms. The number of methoxy groups -OCH3 is 1. The lowest BCUT2D eigenvalue weighted by Crippen LogP contribution is -2.69. The summed E-state index contributed by atoms with van der Waals surface area (Å²) in [5.74, 6) is -3.29. The Labute approximate surface area is 204 Å². The number of carbonyl (C=O) groups excluding carboxylic acids is 3. The molecule has 8 heteroatoms. The van der Waals surface area contributed by atoms with Crippen LogP contribution in [0, 0.1) is 28.1 Å². The van der Waals surface area contributed by atoms with Gasteiger partial charge >= 0.3 is 11.9 Å². The molecule has 1 saturated heterocycles. The zero-order chi connectivity index (χ0) is 25.9. The lowest BCUT2D eigenvalue weighted by molar-refractivity contribution is -0.238. The Balaban J connectivity index is 1.99. The summed E-state index contributed by atoms with van der Waals surface area (Å²) in [6, 6.07) is 1.69. The molecule has 4 rings (SSSR count). The molecule has 0 aromatic carbocycles.